The Balaban J connectivity index is 2.42. The van der Waals surface area contributed by atoms with Crippen molar-refractivity contribution in [2.24, 2.45) is 11.7 Å². The summed E-state index contributed by atoms with van der Waals surface area (Å²) in [6, 6.07) is 2.01. The first-order chi connectivity index (χ1) is 6.22. The molecule has 0 aromatic carbocycles. The van der Waals surface area contributed by atoms with Gasteiger partial charge in [0.05, 0.1) is 5.02 Å². The Bertz CT molecular complexity index is 325. The van der Waals surface area contributed by atoms with E-state index in [0.717, 1.165) is 17.1 Å². The van der Waals surface area contributed by atoms with Crippen LogP contribution in [0.2, 0.25) is 5.02 Å². The highest BCUT2D eigenvalue weighted by Crippen LogP contribution is 2.36. The second-order valence-corrected chi connectivity index (χ2v) is 4.16. The Labute approximate surface area is 83.1 Å². The molecule has 1 heterocycles. The van der Waals surface area contributed by atoms with E-state index in [1.54, 1.807) is 6.20 Å². The molecule has 2 rings (SSSR count). The van der Waals surface area contributed by atoms with E-state index in [1.165, 1.54) is 5.56 Å². The van der Waals surface area contributed by atoms with Crippen molar-refractivity contribution in [2.75, 3.05) is 6.54 Å². The Hall–Kier alpha value is -0.600. The van der Waals surface area contributed by atoms with Gasteiger partial charge in [-0.1, -0.05) is 18.5 Å². The molecule has 1 aliphatic carbocycles. The van der Waals surface area contributed by atoms with Gasteiger partial charge >= 0.3 is 0 Å². The lowest BCUT2D eigenvalue weighted by atomic mass is 9.97. The van der Waals surface area contributed by atoms with Gasteiger partial charge in [0.25, 0.3) is 0 Å². The fourth-order valence-corrected chi connectivity index (χ4v) is 2.27. The maximum atomic E-state index is 5.87. The van der Waals surface area contributed by atoms with Crippen molar-refractivity contribution in [3.8, 4) is 0 Å². The number of rotatable bonds is 1. The zero-order valence-corrected chi connectivity index (χ0v) is 8.38. The predicted octanol–water partition coefficient (Wildman–Crippen LogP) is 1.97. The van der Waals surface area contributed by atoms with Gasteiger partial charge in [0, 0.05) is 24.4 Å². The average Bonchev–Trinajstić information content (AvgIpc) is 2.39. The second kappa shape index (κ2) is 3.28. The highest BCUT2D eigenvalue weighted by atomic mass is 35.5. The molecule has 70 valence electrons. The summed E-state index contributed by atoms with van der Waals surface area (Å²) in [5.41, 5.74) is 8.13. The van der Waals surface area contributed by atoms with Crippen molar-refractivity contribution < 1.29 is 0 Å². The Kier molecular flexibility index (Phi) is 2.26. The first-order valence-corrected chi connectivity index (χ1v) is 4.94. The topological polar surface area (TPSA) is 38.9 Å². The molecule has 2 atom stereocenters. The van der Waals surface area contributed by atoms with Gasteiger partial charge in [-0.15, -0.1) is 0 Å². The summed E-state index contributed by atoms with van der Waals surface area (Å²) in [7, 11) is 0. The molecule has 0 bridgehead atoms. The van der Waals surface area contributed by atoms with Gasteiger partial charge in [0.2, 0.25) is 0 Å². The summed E-state index contributed by atoms with van der Waals surface area (Å²) in [6.45, 7) is 2.90. The van der Waals surface area contributed by atoms with Gasteiger partial charge in [-0.25, -0.2) is 0 Å². The zero-order valence-electron chi connectivity index (χ0n) is 7.63. The number of nitrogens with zero attached hydrogens (tertiary/aromatic N) is 1. The molecule has 0 saturated carbocycles. The van der Waals surface area contributed by atoms with Crippen LogP contribution in [0, 0.1) is 5.92 Å². The van der Waals surface area contributed by atoms with Crippen LogP contribution in [0.1, 0.15) is 24.1 Å². The summed E-state index contributed by atoms with van der Waals surface area (Å²) < 4.78 is 0. The zero-order chi connectivity index (χ0) is 9.42. The van der Waals surface area contributed by atoms with Crippen LogP contribution in [-0.4, -0.2) is 11.5 Å². The molecule has 2 N–H and O–H groups in total. The highest BCUT2D eigenvalue weighted by Gasteiger charge is 2.29. The molecule has 0 aliphatic heterocycles. The molecule has 13 heavy (non-hydrogen) atoms. The lowest BCUT2D eigenvalue weighted by Crippen LogP contribution is -2.16. The van der Waals surface area contributed by atoms with Crippen molar-refractivity contribution in [3.05, 3.63) is 28.5 Å². The minimum Gasteiger partial charge on any atom is -0.330 e. The number of nitrogens with two attached hydrogens (primary N) is 1. The molecule has 0 fully saturated rings. The fraction of sp³-hybridized carbons (Fsp3) is 0.500. The summed E-state index contributed by atoms with van der Waals surface area (Å²) in [5.74, 6) is 1.03. The average molecular weight is 197 g/mol. The van der Waals surface area contributed by atoms with Crippen LogP contribution in [-0.2, 0) is 6.42 Å². The first kappa shape index (κ1) is 8.97. The van der Waals surface area contributed by atoms with Gasteiger partial charge in [-0.3, -0.25) is 4.98 Å². The molecular weight excluding hydrogens is 184 g/mol. The third-order valence-electron chi connectivity index (χ3n) is 2.80. The number of halogens is 1. The van der Waals surface area contributed by atoms with Crippen LogP contribution in [0.25, 0.3) is 0 Å². The SMILES string of the molecule is C[C@H]1Cc2cc(Cl)cnc2[C@@H]1CN. The molecule has 0 unspecified atom stereocenters. The van der Waals surface area contributed by atoms with Crippen LogP contribution in [0.15, 0.2) is 12.3 Å². The van der Waals surface area contributed by atoms with Gasteiger partial charge in [0.15, 0.2) is 0 Å². The van der Waals surface area contributed by atoms with E-state index >= 15 is 0 Å². The monoisotopic (exact) mass is 196 g/mol. The molecular formula is C10H13ClN2. The summed E-state index contributed by atoms with van der Waals surface area (Å²) in [6.07, 6.45) is 2.77. The van der Waals surface area contributed by atoms with Gasteiger partial charge in [-0.05, 0) is 24.0 Å². The molecule has 3 heteroatoms. The normalized spacial score (nSPS) is 26.1. The van der Waals surface area contributed by atoms with Crippen LogP contribution in [0.3, 0.4) is 0 Å². The fourth-order valence-electron chi connectivity index (χ4n) is 2.09. The minimum atomic E-state index is 0.423. The third kappa shape index (κ3) is 1.45. The van der Waals surface area contributed by atoms with Gasteiger partial charge in [-0.2, -0.15) is 0 Å². The van der Waals surface area contributed by atoms with E-state index in [-0.39, 0.29) is 0 Å². The number of hydrogen-bond acceptors (Lipinski definition) is 2. The van der Waals surface area contributed by atoms with Crippen molar-refractivity contribution >= 4 is 11.6 Å². The largest absolute Gasteiger partial charge is 0.330 e. The maximum absolute atomic E-state index is 5.87. The quantitative estimate of drug-likeness (QED) is 0.746. The minimum absolute atomic E-state index is 0.423. The molecule has 0 saturated heterocycles. The number of pyridine rings is 1. The lowest BCUT2D eigenvalue weighted by molar-refractivity contribution is 0.500. The number of fused-ring (bicyclic) bond motifs is 1. The molecule has 2 nitrogen and oxygen atoms in total. The molecule has 1 aromatic rings. The van der Waals surface area contributed by atoms with E-state index < -0.39 is 0 Å². The van der Waals surface area contributed by atoms with E-state index in [9.17, 15) is 0 Å². The van der Waals surface area contributed by atoms with Crippen molar-refractivity contribution in [1.82, 2.24) is 4.98 Å². The van der Waals surface area contributed by atoms with Crippen LogP contribution >= 0.6 is 11.6 Å². The lowest BCUT2D eigenvalue weighted by Gasteiger charge is -2.11. The van der Waals surface area contributed by atoms with Crippen LogP contribution in [0.5, 0.6) is 0 Å². The highest BCUT2D eigenvalue weighted by molar-refractivity contribution is 6.30. The van der Waals surface area contributed by atoms with E-state index in [0.29, 0.717) is 18.4 Å². The second-order valence-electron chi connectivity index (χ2n) is 3.72. The van der Waals surface area contributed by atoms with E-state index in [4.69, 9.17) is 17.3 Å². The summed E-state index contributed by atoms with van der Waals surface area (Å²) >= 11 is 5.87. The number of aromatic nitrogens is 1. The van der Waals surface area contributed by atoms with Gasteiger partial charge in [0.1, 0.15) is 0 Å². The van der Waals surface area contributed by atoms with E-state index in [1.807, 2.05) is 6.07 Å². The van der Waals surface area contributed by atoms with Crippen molar-refractivity contribution in [1.29, 1.82) is 0 Å². The third-order valence-corrected chi connectivity index (χ3v) is 3.01. The molecule has 0 spiro atoms. The summed E-state index contributed by atoms with van der Waals surface area (Å²) in [4.78, 5) is 4.35. The Morgan fingerprint density at radius 3 is 3.15 bits per heavy atom. The molecule has 1 aliphatic rings. The summed E-state index contributed by atoms with van der Waals surface area (Å²) in [5, 5.41) is 0.726. The van der Waals surface area contributed by atoms with Gasteiger partial charge < -0.3 is 5.73 Å². The van der Waals surface area contributed by atoms with E-state index in [2.05, 4.69) is 11.9 Å². The predicted molar refractivity (Wildman–Crippen MR) is 53.9 cm³/mol. The standard InChI is InChI=1S/C10H13ClN2/c1-6-2-7-3-8(11)5-13-10(7)9(6)4-12/h3,5-6,9H,2,4,12H2,1H3/t6-,9+/m0/s1. The van der Waals surface area contributed by atoms with Crippen LogP contribution < -0.4 is 5.73 Å². The molecule has 0 amide bonds. The molecule has 1 aromatic heterocycles. The van der Waals surface area contributed by atoms with Crippen molar-refractivity contribution in [3.63, 3.8) is 0 Å². The number of hydrogen-bond donors (Lipinski definition) is 1. The molecule has 0 radical (unpaired) electrons. The Morgan fingerprint density at radius 2 is 2.46 bits per heavy atom. The Morgan fingerprint density at radius 1 is 1.69 bits per heavy atom. The van der Waals surface area contributed by atoms with Crippen LogP contribution in [0.4, 0.5) is 0 Å². The van der Waals surface area contributed by atoms with Crippen molar-refractivity contribution in [2.45, 2.75) is 19.3 Å². The maximum Gasteiger partial charge on any atom is 0.0592 e. The first-order valence-electron chi connectivity index (χ1n) is 4.56. The smallest absolute Gasteiger partial charge is 0.0592 e.